The summed E-state index contributed by atoms with van der Waals surface area (Å²) in [7, 11) is 0. The first-order chi connectivity index (χ1) is 23.4. The predicted molar refractivity (Wildman–Crippen MR) is 203 cm³/mol. The third kappa shape index (κ3) is 6.79. The van der Waals surface area contributed by atoms with Crippen LogP contribution in [0.4, 0.5) is 0 Å². The van der Waals surface area contributed by atoms with Gasteiger partial charge in [-0.1, -0.05) is 58.9 Å². The summed E-state index contributed by atoms with van der Waals surface area (Å²) in [5.74, 6) is 1.24. The smallest absolute Gasteiger partial charge is 0.338 e. The first-order valence-corrected chi connectivity index (χ1v) is 20.3. The second kappa shape index (κ2) is 13.6. The molecule has 5 heteroatoms. The highest BCUT2D eigenvalue weighted by atomic mass is 16.6. The van der Waals surface area contributed by atoms with E-state index in [0.29, 0.717) is 35.7 Å². The summed E-state index contributed by atoms with van der Waals surface area (Å²) in [5.41, 5.74) is 11.4. The molecule has 2 N–H and O–H groups in total. The van der Waals surface area contributed by atoms with Crippen molar-refractivity contribution in [2.24, 2.45) is 34.0 Å². The number of rotatable bonds is 2. The minimum absolute atomic E-state index is 0.143. The number of carbonyl (C=O) groups is 1. The van der Waals surface area contributed by atoms with Crippen LogP contribution < -0.4 is 0 Å². The fourth-order valence-electron chi connectivity index (χ4n) is 12.0. The van der Waals surface area contributed by atoms with Gasteiger partial charge in [0, 0.05) is 12.0 Å². The van der Waals surface area contributed by atoms with Crippen LogP contribution in [0.3, 0.4) is 0 Å². The molecule has 2 heterocycles. The molecule has 0 bridgehead atoms. The third-order valence-corrected chi connectivity index (χ3v) is 15.7. The van der Waals surface area contributed by atoms with Crippen LogP contribution in [0.2, 0.25) is 0 Å². The van der Waals surface area contributed by atoms with Gasteiger partial charge < -0.3 is 19.7 Å². The minimum atomic E-state index is -0.945. The van der Waals surface area contributed by atoms with Crippen LogP contribution >= 0.6 is 0 Å². The SMILES string of the molecule is CC(C)=C1CC[C@]2(C)C[C@@H]3O[C@]3(C)CC[C@@H]12.CC(C)=C1CC[C@]2(CO)C[C@@H]3O[C@]3(C(=O)O)CC[C@@H]12.CC1=CC[C@@]2(C)CCC(=C(C)C)[C@@H]2CC1. The molecular weight excluding hydrogens is 620 g/mol. The number of hydrogen-bond donors (Lipinski definition) is 2. The number of fused-ring (bicyclic) bond motifs is 5. The molecule has 5 nitrogen and oxygen atoms in total. The normalized spacial score (nSPS) is 43.8. The number of carboxylic acids is 1. The number of aliphatic carboxylic acids is 1. The van der Waals surface area contributed by atoms with Gasteiger partial charge >= 0.3 is 5.97 Å². The second-order valence-corrected chi connectivity index (χ2v) is 19.6. The van der Waals surface area contributed by atoms with E-state index in [2.05, 4.69) is 75.3 Å². The lowest BCUT2D eigenvalue weighted by molar-refractivity contribution is -0.143. The van der Waals surface area contributed by atoms with Crippen molar-refractivity contribution in [1.29, 1.82) is 0 Å². The van der Waals surface area contributed by atoms with E-state index >= 15 is 0 Å². The Morgan fingerprint density at radius 2 is 1.26 bits per heavy atom. The Hall–Kier alpha value is -1.69. The number of ether oxygens (including phenoxy) is 2. The molecule has 0 spiro atoms. The molecule has 7 fully saturated rings. The largest absolute Gasteiger partial charge is 0.479 e. The zero-order valence-electron chi connectivity index (χ0n) is 33.4. The van der Waals surface area contributed by atoms with Crippen LogP contribution in [0.15, 0.2) is 45.1 Å². The molecule has 280 valence electrons. The Balaban J connectivity index is 0.000000131. The molecule has 0 unspecified atom stereocenters. The quantitative estimate of drug-likeness (QED) is 0.223. The van der Waals surface area contributed by atoms with Gasteiger partial charge in [0.1, 0.15) is 0 Å². The van der Waals surface area contributed by atoms with Crippen molar-refractivity contribution in [3.63, 3.8) is 0 Å². The Kier molecular flexibility index (Phi) is 10.4. The van der Waals surface area contributed by atoms with Crippen LogP contribution in [0.1, 0.15) is 166 Å². The van der Waals surface area contributed by atoms with E-state index < -0.39 is 11.6 Å². The molecule has 0 radical (unpaired) electrons. The lowest BCUT2D eigenvalue weighted by Gasteiger charge is -2.33. The van der Waals surface area contributed by atoms with Crippen LogP contribution in [0, 0.1) is 34.0 Å². The second-order valence-electron chi connectivity index (χ2n) is 19.6. The molecule has 8 rings (SSSR count). The Morgan fingerprint density at radius 1 is 0.700 bits per heavy atom. The van der Waals surface area contributed by atoms with Gasteiger partial charge in [0.2, 0.25) is 0 Å². The maximum Gasteiger partial charge on any atom is 0.338 e. The summed E-state index contributed by atoms with van der Waals surface area (Å²) in [5, 5.41) is 19.3. The molecule has 2 saturated heterocycles. The van der Waals surface area contributed by atoms with Crippen LogP contribution in [0.5, 0.6) is 0 Å². The Morgan fingerprint density at radius 3 is 1.86 bits per heavy atom. The standard InChI is InChI=1S/C15H22O4.C15H24O.C15H24/c1-9(2)10-3-5-14(8-16)7-12-15(19-12,13(17)18)6-4-11(10)14;1-10(2)11-5-7-14(3)9-13-15(4,16-13)8-6-12(11)14;1-11(2)13-8-10-15(4)9-7-12(3)5-6-14(13)15/h11-12,16H,3-8H2,1-2H3,(H,17,18);12-13H,5-9H2,1-4H3;7,14H,5-6,8-10H2,1-4H3/t11-,12-,14+,15+;12-,13-,14+,15+;14-,15-/m000/s1. The highest BCUT2D eigenvalue weighted by Crippen LogP contribution is 2.62. The van der Waals surface area contributed by atoms with Crippen LogP contribution in [-0.4, -0.2) is 46.2 Å². The molecular formula is C45H70O5. The summed E-state index contributed by atoms with van der Waals surface area (Å²) in [6.07, 6.45) is 20.4. The van der Waals surface area contributed by atoms with Gasteiger partial charge in [-0.05, 0) is 180 Å². The van der Waals surface area contributed by atoms with Crippen molar-refractivity contribution in [2.45, 2.75) is 189 Å². The average molecular weight is 691 g/mol. The molecule has 50 heavy (non-hydrogen) atoms. The van der Waals surface area contributed by atoms with Gasteiger partial charge in [-0.15, -0.1) is 0 Å². The molecule has 0 aromatic carbocycles. The fourth-order valence-corrected chi connectivity index (χ4v) is 12.0. The molecule has 6 aliphatic carbocycles. The van der Waals surface area contributed by atoms with Crippen molar-refractivity contribution in [3.8, 4) is 0 Å². The number of carboxylic acid groups (broad SMARTS) is 1. The van der Waals surface area contributed by atoms with E-state index in [4.69, 9.17) is 9.47 Å². The number of hydrogen-bond acceptors (Lipinski definition) is 4. The monoisotopic (exact) mass is 691 g/mol. The minimum Gasteiger partial charge on any atom is -0.479 e. The summed E-state index contributed by atoms with van der Waals surface area (Å²) in [6, 6.07) is 0. The van der Waals surface area contributed by atoms with Crippen LogP contribution in [-0.2, 0) is 14.3 Å². The van der Waals surface area contributed by atoms with E-state index in [1.54, 1.807) is 27.9 Å². The van der Waals surface area contributed by atoms with Gasteiger partial charge in [0.05, 0.1) is 17.8 Å². The molecule has 0 aromatic heterocycles. The summed E-state index contributed by atoms with van der Waals surface area (Å²) >= 11 is 0. The zero-order valence-corrected chi connectivity index (χ0v) is 33.4. The van der Waals surface area contributed by atoms with E-state index in [-0.39, 0.29) is 23.7 Å². The molecule has 10 atom stereocenters. The van der Waals surface area contributed by atoms with Gasteiger partial charge in [0.25, 0.3) is 0 Å². The topological polar surface area (TPSA) is 82.6 Å². The van der Waals surface area contributed by atoms with Crippen LogP contribution in [0.25, 0.3) is 0 Å². The first kappa shape index (κ1) is 38.0. The van der Waals surface area contributed by atoms with Crippen molar-refractivity contribution in [1.82, 2.24) is 0 Å². The lowest BCUT2D eigenvalue weighted by atomic mass is 9.73. The lowest BCUT2D eigenvalue weighted by Crippen LogP contribution is -2.31. The maximum atomic E-state index is 11.4. The molecule has 5 saturated carbocycles. The van der Waals surface area contributed by atoms with Crippen molar-refractivity contribution < 1.29 is 24.5 Å². The maximum absolute atomic E-state index is 11.4. The molecule has 2 aliphatic heterocycles. The van der Waals surface area contributed by atoms with Gasteiger partial charge in [0.15, 0.2) is 5.60 Å². The van der Waals surface area contributed by atoms with E-state index in [9.17, 15) is 15.0 Å². The molecule has 8 aliphatic rings. The molecule has 0 amide bonds. The van der Waals surface area contributed by atoms with Gasteiger partial charge in [-0.3, -0.25) is 0 Å². The number of aliphatic hydroxyl groups excluding tert-OH is 1. The number of aliphatic hydroxyl groups is 1. The number of allylic oxidation sites excluding steroid dienone is 8. The highest BCUT2D eigenvalue weighted by Gasteiger charge is 2.68. The average Bonchev–Trinajstić information content (AvgIpc) is 3.79. The predicted octanol–water partition coefficient (Wildman–Crippen LogP) is 11.1. The Labute approximate surface area is 304 Å². The van der Waals surface area contributed by atoms with Crippen molar-refractivity contribution in [2.75, 3.05) is 6.61 Å². The summed E-state index contributed by atoms with van der Waals surface area (Å²) < 4.78 is 11.4. The van der Waals surface area contributed by atoms with E-state index in [1.165, 1.54) is 75.4 Å². The van der Waals surface area contributed by atoms with Crippen molar-refractivity contribution >= 4 is 5.97 Å². The highest BCUT2D eigenvalue weighted by molar-refractivity contribution is 5.81. The van der Waals surface area contributed by atoms with Crippen molar-refractivity contribution in [3.05, 3.63) is 45.1 Å². The van der Waals surface area contributed by atoms with Gasteiger partial charge in [-0.2, -0.15) is 0 Å². The Bertz CT molecular complexity index is 1470. The first-order valence-electron chi connectivity index (χ1n) is 20.3. The van der Waals surface area contributed by atoms with E-state index in [1.807, 2.05) is 0 Å². The fraction of sp³-hybridized carbons (Fsp3) is 0.800. The third-order valence-electron chi connectivity index (χ3n) is 15.7. The zero-order chi connectivity index (χ0) is 36.4. The summed E-state index contributed by atoms with van der Waals surface area (Å²) in [4.78, 5) is 11.4. The number of epoxide rings is 2. The summed E-state index contributed by atoms with van der Waals surface area (Å²) in [6.45, 7) is 23.2. The van der Waals surface area contributed by atoms with E-state index in [0.717, 1.165) is 31.1 Å². The van der Waals surface area contributed by atoms with Gasteiger partial charge in [-0.25, -0.2) is 4.79 Å². The molecule has 0 aromatic rings.